The van der Waals surface area contributed by atoms with Crippen LogP contribution in [0.1, 0.15) is 0 Å². The van der Waals surface area contributed by atoms with Crippen molar-refractivity contribution in [3.63, 3.8) is 0 Å². The number of thiophene rings is 1. The molecule has 0 aliphatic carbocycles. The monoisotopic (exact) mass is 431 g/mol. The van der Waals surface area contributed by atoms with Crippen molar-refractivity contribution in [2.75, 3.05) is 42.9 Å². The van der Waals surface area contributed by atoms with Gasteiger partial charge in [0.05, 0.1) is 17.6 Å². The number of rotatable bonds is 4. The van der Waals surface area contributed by atoms with E-state index in [-0.39, 0.29) is 5.91 Å². The zero-order valence-electron chi connectivity index (χ0n) is 14.1. The van der Waals surface area contributed by atoms with Crippen molar-refractivity contribution >= 4 is 54.9 Å². The molecule has 8 heteroatoms. The highest BCUT2D eigenvalue weighted by Gasteiger charge is 2.21. The standard InChI is InChI=1S/C18H18BrN5OS/c19-14-3-1-2-4-15(14)22-16(25)11-23-6-8-24(9-7-23)17-13-5-10-26-18(13)21-12-20-17/h1-5,10,12H,6-9,11H2,(H,22,25). The zero-order valence-corrected chi connectivity index (χ0v) is 16.5. The van der Waals surface area contributed by atoms with Crippen molar-refractivity contribution < 1.29 is 4.79 Å². The van der Waals surface area contributed by atoms with E-state index in [1.165, 1.54) is 0 Å². The highest BCUT2D eigenvalue weighted by atomic mass is 79.9. The Balaban J connectivity index is 1.34. The smallest absolute Gasteiger partial charge is 0.238 e. The molecule has 4 rings (SSSR count). The molecule has 2 aromatic heterocycles. The number of benzene rings is 1. The van der Waals surface area contributed by atoms with E-state index in [4.69, 9.17) is 0 Å². The topological polar surface area (TPSA) is 61.4 Å². The van der Waals surface area contributed by atoms with Crippen LogP contribution in [0.25, 0.3) is 10.2 Å². The highest BCUT2D eigenvalue weighted by molar-refractivity contribution is 9.10. The predicted octanol–water partition coefficient (Wildman–Crippen LogP) is 3.21. The molecular weight excluding hydrogens is 414 g/mol. The Morgan fingerprint density at radius 2 is 1.96 bits per heavy atom. The second kappa shape index (κ2) is 7.69. The summed E-state index contributed by atoms with van der Waals surface area (Å²) < 4.78 is 0.890. The number of hydrogen-bond donors (Lipinski definition) is 1. The van der Waals surface area contributed by atoms with Crippen LogP contribution < -0.4 is 10.2 Å². The molecule has 1 saturated heterocycles. The summed E-state index contributed by atoms with van der Waals surface area (Å²) in [5, 5.41) is 6.12. The first-order chi connectivity index (χ1) is 12.7. The van der Waals surface area contributed by atoms with E-state index in [0.29, 0.717) is 6.54 Å². The summed E-state index contributed by atoms with van der Waals surface area (Å²) in [6.45, 7) is 3.76. The average Bonchev–Trinajstić information content (AvgIpc) is 3.13. The summed E-state index contributed by atoms with van der Waals surface area (Å²) in [5.74, 6) is 1.00. The van der Waals surface area contributed by atoms with Crippen LogP contribution in [-0.2, 0) is 4.79 Å². The lowest BCUT2D eigenvalue weighted by atomic mass is 10.2. The highest BCUT2D eigenvalue weighted by Crippen LogP contribution is 2.27. The maximum Gasteiger partial charge on any atom is 0.238 e. The lowest BCUT2D eigenvalue weighted by molar-refractivity contribution is -0.117. The number of hydrogen-bond acceptors (Lipinski definition) is 6. The number of fused-ring (bicyclic) bond motifs is 1. The zero-order chi connectivity index (χ0) is 17.9. The van der Waals surface area contributed by atoms with Crippen molar-refractivity contribution in [1.29, 1.82) is 0 Å². The molecule has 0 unspecified atom stereocenters. The van der Waals surface area contributed by atoms with Gasteiger partial charge in [0.25, 0.3) is 0 Å². The van der Waals surface area contributed by atoms with Crippen LogP contribution in [-0.4, -0.2) is 53.5 Å². The second-order valence-corrected chi connectivity index (χ2v) is 7.88. The molecule has 1 amide bonds. The van der Waals surface area contributed by atoms with Crippen LogP contribution in [0.5, 0.6) is 0 Å². The van der Waals surface area contributed by atoms with Crippen molar-refractivity contribution in [1.82, 2.24) is 14.9 Å². The fourth-order valence-corrected chi connectivity index (χ4v) is 4.21. The number of piperazine rings is 1. The average molecular weight is 432 g/mol. The number of nitrogens with one attached hydrogen (secondary N) is 1. The van der Waals surface area contributed by atoms with Gasteiger partial charge in [0.1, 0.15) is 17.0 Å². The van der Waals surface area contributed by atoms with Crippen molar-refractivity contribution in [2.45, 2.75) is 0 Å². The molecule has 0 bridgehead atoms. The normalized spacial score (nSPS) is 15.3. The van der Waals surface area contributed by atoms with E-state index in [1.54, 1.807) is 17.7 Å². The van der Waals surface area contributed by atoms with Crippen molar-refractivity contribution in [3.05, 3.63) is 46.5 Å². The third-order valence-corrected chi connectivity index (χ3v) is 5.94. The molecule has 0 saturated carbocycles. The first kappa shape index (κ1) is 17.4. The molecular formula is C18H18BrN5OS. The van der Waals surface area contributed by atoms with Crippen LogP contribution >= 0.6 is 27.3 Å². The number of carbonyl (C=O) groups is 1. The summed E-state index contributed by atoms with van der Waals surface area (Å²) in [4.78, 5) is 26.6. The molecule has 1 aromatic carbocycles. The first-order valence-corrected chi connectivity index (χ1v) is 10.1. The van der Waals surface area contributed by atoms with E-state index >= 15 is 0 Å². The van der Waals surface area contributed by atoms with E-state index in [2.05, 4.69) is 47.1 Å². The summed E-state index contributed by atoms with van der Waals surface area (Å²) in [7, 11) is 0. The largest absolute Gasteiger partial charge is 0.353 e. The Hall–Kier alpha value is -2.03. The van der Waals surface area contributed by atoms with Crippen LogP contribution in [0, 0.1) is 0 Å². The van der Waals surface area contributed by atoms with Crippen LogP contribution in [0.3, 0.4) is 0 Å². The molecule has 1 N–H and O–H groups in total. The maximum absolute atomic E-state index is 12.3. The van der Waals surface area contributed by atoms with Gasteiger partial charge in [0.15, 0.2) is 0 Å². The molecule has 1 fully saturated rings. The van der Waals surface area contributed by atoms with Gasteiger partial charge in [-0.05, 0) is 39.5 Å². The Labute approximate surface area is 164 Å². The van der Waals surface area contributed by atoms with Crippen molar-refractivity contribution in [2.24, 2.45) is 0 Å². The van der Waals surface area contributed by atoms with Crippen LogP contribution in [0.2, 0.25) is 0 Å². The van der Waals surface area contributed by atoms with E-state index < -0.39 is 0 Å². The quantitative estimate of drug-likeness (QED) is 0.686. The molecule has 1 aliphatic rings. The fourth-order valence-electron chi connectivity index (χ4n) is 3.10. The number of amides is 1. The minimum atomic E-state index is 0.00705. The lowest BCUT2D eigenvalue weighted by Gasteiger charge is -2.35. The molecule has 26 heavy (non-hydrogen) atoms. The molecule has 0 spiro atoms. The van der Waals surface area contributed by atoms with E-state index in [9.17, 15) is 4.79 Å². The molecule has 134 valence electrons. The number of halogens is 1. The number of anilines is 2. The Morgan fingerprint density at radius 3 is 2.77 bits per heavy atom. The first-order valence-electron chi connectivity index (χ1n) is 8.40. The second-order valence-electron chi connectivity index (χ2n) is 6.13. The lowest BCUT2D eigenvalue weighted by Crippen LogP contribution is -2.49. The van der Waals surface area contributed by atoms with Gasteiger partial charge in [-0.15, -0.1) is 11.3 Å². The molecule has 3 aromatic rings. The molecule has 6 nitrogen and oxygen atoms in total. The van der Waals surface area contributed by atoms with Gasteiger partial charge >= 0.3 is 0 Å². The summed E-state index contributed by atoms with van der Waals surface area (Å²) in [6.07, 6.45) is 1.63. The third kappa shape index (κ3) is 3.72. The van der Waals surface area contributed by atoms with E-state index in [1.807, 2.05) is 29.6 Å². The fraction of sp³-hybridized carbons (Fsp3) is 0.278. The SMILES string of the molecule is O=C(CN1CCN(c2ncnc3sccc23)CC1)Nc1ccccc1Br. The van der Waals surface area contributed by atoms with Gasteiger partial charge in [0.2, 0.25) is 5.91 Å². The Bertz CT molecular complexity index is 923. The minimum Gasteiger partial charge on any atom is -0.353 e. The molecule has 3 heterocycles. The van der Waals surface area contributed by atoms with Gasteiger partial charge in [-0.25, -0.2) is 9.97 Å². The van der Waals surface area contributed by atoms with Crippen LogP contribution in [0.15, 0.2) is 46.5 Å². The predicted molar refractivity (Wildman–Crippen MR) is 109 cm³/mol. The van der Waals surface area contributed by atoms with E-state index in [0.717, 1.165) is 52.4 Å². The van der Waals surface area contributed by atoms with Crippen molar-refractivity contribution in [3.8, 4) is 0 Å². The number of para-hydroxylation sites is 1. The third-order valence-electron chi connectivity index (χ3n) is 4.43. The minimum absolute atomic E-state index is 0.00705. The summed E-state index contributed by atoms with van der Waals surface area (Å²) in [5.41, 5.74) is 0.803. The van der Waals surface area contributed by atoms with Gasteiger partial charge in [-0.2, -0.15) is 0 Å². The maximum atomic E-state index is 12.3. The molecule has 1 aliphatic heterocycles. The number of nitrogens with zero attached hydrogens (tertiary/aromatic N) is 4. The summed E-state index contributed by atoms with van der Waals surface area (Å²) >= 11 is 5.09. The Morgan fingerprint density at radius 1 is 1.15 bits per heavy atom. The number of aromatic nitrogens is 2. The Kier molecular flexibility index (Phi) is 5.14. The van der Waals surface area contributed by atoms with Gasteiger partial charge < -0.3 is 10.2 Å². The van der Waals surface area contributed by atoms with Gasteiger partial charge in [-0.3, -0.25) is 9.69 Å². The number of carbonyl (C=O) groups excluding carboxylic acids is 1. The van der Waals surface area contributed by atoms with Gasteiger partial charge in [-0.1, -0.05) is 12.1 Å². The summed E-state index contributed by atoms with van der Waals surface area (Å²) in [6, 6.07) is 9.72. The van der Waals surface area contributed by atoms with Crippen LogP contribution in [0.4, 0.5) is 11.5 Å². The van der Waals surface area contributed by atoms with Gasteiger partial charge in [0, 0.05) is 30.7 Å². The molecule has 0 radical (unpaired) electrons. The molecule has 0 atom stereocenters.